The third-order valence-electron chi connectivity index (χ3n) is 5.32. The molecular formula is C18H27NO. The average molecular weight is 273 g/mol. The molecule has 1 fully saturated rings. The van der Waals surface area contributed by atoms with Crippen LogP contribution >= 0.6 is 0 Å². The van der Waals surface area contributed by atoms with Gasteiger partial charge in [-0.3, -0.25) is 0 Å². The normalized spacial score (nSPS) is 31.4. The van der Waals surface area contributed by atoms with Crippen molar-refractivity contribution in [1.29, 1.82) is 0 Å². The van der Waals surface area contributed by atoms with Gasteiger partial charge in [-0.25, -0.2) is 0 Å². The molecule has 1 aromatic carbocycles. The summed E-state index contributed by atoms with van der Waals surface area (Å²) in [6.45, 7) is 7.59. The van der Waals surface area contributed by atoms with Gasteiger partial charge in [-0.2, -0.15) is 0 Å². The molecular weight excluding hydrogens is 246 g/mol. The summed E-state index contributed by atoms with van der Waals surface area (Å²) in [5.41, 5.74) is 3.31. The fourth-order valence-electron chi connectivity index (χ4n) is 3.82. The molecule has 1 saturated carbocycles. The molecule has 2 aliphatic carbocycles. The van der Waals surface area contributed by atoms with E-state index in [0.717, 1.165) is 13.0 Å². The highest BCUT2D eigenvalue weighted by atomic mass is 16.5. The summed E-state index contributed by atoms with van der Waals surface area (Å²) >= 11 is 0. The largest absolute Gasteiger partial charge is 0.378 e. The number of fused-ring (bicyclic) bond motifs is 1. The summed E-state index contributed by atoms with van der Waals surface area (Å²) in [4.78, 5) is 0. The standard InChI is InChI=1S/C18H27NO/c1-4-20-17-12-16(18(17,2)3)19-15-11-7-9-13-8-5-6-10-14(13)15/h5-6,8,10,15-17,19H,4,7,9,11-12H2,1-3H3. The van der Waals surface area contributed by atoms with E-state index in [9.17, 15) is 0 Å². The predicted molar refractivity (Wildman–Crippen MR) is 82.9 cm³/mol. The highest BCUT2D eigenvalue weighted by molar-refractivity contribution is 5.32. The SMILES string of the molecule is CCOC1CC(NC2CCCc3ccccc32)C1(C)C. The molecule has 1 N–H and O–H groups in total. The van der Waals surface area contributed by atoms with Gasteiger partial charge in [0.2, 0.25) is 0 Å². The van der Waals surface area contributed by atoms with Crippen LogP contribution in [0.3, 0.4) is 0 Å². The molecule has 0 spiro atoms. The van der Waals surface area contributed by atoms with E-state index >= 15 is 0 Å². The van der Waals surface area contributed by atoms with Crippen LogP contribution in [0.15, 0.2) is 24.3 Å². The van der Waals surface area contributed by atoms with E-state index in [4.69, 9.17) is 4.74 Å². The lowest BCUT2D eigenvalue weighted by Gasteiger charge is -2.53. The van der Waals surface area contributed by atoms with Gasteiger partial charge in [0.05, 0.1) is 6.10 Å². The first-order chi connectivity index (χ1) is 9.63. The second kappa shape index (κ2) is 5.50. The van der Waals surface area contributed by atoms with Gasteiger partial charge in [-0.15, -0.1) is 0 Å². The molecule has 0 aliphatic heterocycles. The molecule has 0 aromatic heterocycles. The number of nitrogens with one attached hydrogen (secondary N) is 1. The zero-order valence-electron chi connectivity index (χ0n) is 13.0. The van der Waals surface area contributed by atoms with Crippen molar-refractivity contribution >= 4 is 0 Å². The molecule has 0 radical (unpaired) electrons. The number of aryl methyl sites for hydroxylation is 1. The Balaban J connectivity index is 1.68. The third-order valence-corrected chi connectivity index (χ3v) is 5.32. The Morgan fingerprint density at radius 2 is 2.10 bits per heavy atom. The Morgan fingerprint density at radius 3 is 2.85 bits per heavy atom. The van der Waals surface area contributed by atoms with Gasteiger partial charge in [0.25, 0.3) is 0 Å². The number of benzene rings is 1. The minimum absolute atomic E-state index is 0.252. The molecule has 3 rings (SSSR count). The van der Waals surface area contributed by atoms with Crippen molar-refractivity contribution in [3.63, 3.8) is 0 Å². The van der Waals surface area contributed by atoms with Crippen LogP contribution in [0.2, 0.25) is 0 Å². The van der Waals surface area contributed by atoms with Crippen LogP contribution < -0.4 is 5.32 Å². The van der Waals surface area contributed by atoms with Gasteiger partial charge < -0.3 is 10.1 Å². The highest BCUT2D eigenvalue weighted by Gasteiger charge is 2.49. The molecule has 3 atom stereocenters. The first-order valence-electron chi connectivity index (χ1n) is 8.08. The molecule has 0 heterocycles. The molecule has 1 aromatic rings. The quantitative estimate of drug-likeness (QED) is 0.899. The number of rotatable bonds is 4. The molecule has 2 nitrogen and oxygen atoms in total. The van der Waals surface area contributed by atoms with Gasteiger partial charge in [-0.1, -0.05) is 38.1 Å². The maximum absolute atomic E-state index is 5.84. The lowest BCUT2D eigenvalue weighted by atomic mass is 9.64. The monoisotopic (exact) mass is 273 g/mol. The molecule has 0 saturated heterocycles. The molecule has 2 aliphatic rings. The smallest absolute Gasteiger partial charge is 0.0655 e. The van der Waals surface area contributed by atoms with Crippen molar-refractivity contribution in [2.45, 2.75) is 64.6 Å². The Hall–Kier alpha value is -0.860. The maximum atomic E-state index is 5.84. The van der Waals surface area contributed by atoms with Crippen molar-refractivity contribution in [2.24, 2.45) is 5.41 Å². The summed E-state index contributed by atoms with van der Waals surface area (Å²) in [5.74, 6) is 0. The van der Waals surface area contributed by atoms with Crippen molar-refractivity contribution in [2.75, 3.05) is 6.61 Å². The fraction of sp³-hybridized carbons (Fsp3) is 0.667. The highest BCUT2D eigenvalue weighted by Crippen LogP contribution is 2.44. The number of hydrogen-bond donors (Lipinski definition) is 1. The Morgan fingerprint density at radius 1 is 1.30 bits per heavy atom. The number of hydrogen-bond acceptors (Lipinski definition) is 2. The lowest BCUT2D eigenvalue weighted by molar-refractivity contribution is -0.117. The van der Waals surface area contributed by atoms with E-state index in [0.29, 0.717) is 18.2 Å². The predicted octanol–water partition coefficient (Wildman–Crippen LogP) is 3.86. The van der Waals surface area contributed by atoms with Gasteiger partial charge in [-0.05, 0) is 43.7 Å². The summed E-state index contributed by atoms with van der Waals surface area (Å²) in [7, 11) is 0. The zero-order valence-corrected chi connectivity index (χ0v) is 13.0. The Kier molecular flexibility index (Phi) is 3.87. The second-order valence-corrected chi connectivity index (χ2v) is 6.86. The van der Waals surface area contributed by atoms with Crippen molar-refractivity contribution in [3.05, 3.63) is 35.4 Å². The lowest BCUT2D eigenvalue weighted by Crippen LogP contribution is -2.61. The molecule has 3 unspecified atom stereocenters. The van der Waals surface area contributed by atoms with Crippen molar-refractivity contribution in [3.8, 4) is 0 Å². The molecule has 2 heteroatoms. The van der Waals surface area contributed by atoms with Gasteiger partial charge in [0.15, 0.2) is 0 Å². The summed E-state index contributed by atoms with van der Waals surface area (Å²) in [5, 5.41) is 3.91. The van der Waals surface area contributed by atoms with Crippen LogP contribution in [-0.4, -0.2) is 18.8 Å². The van der Waals surface area contributed by atoms with Crippen LogP contribution in [0.4, 0.5) is 0 Å². The summed E-state index contributed by atoms with van der Waals surface area (Å²) in [6, 6.07) is 10.0. The zero-order chi connectivity index (χ0) is 14.2. The minimum Gasteiger partial charge on any atom is -0.378 e. The fourth-order valence-corrected chi connectivity index (χ4v) is 3.82. The van der Waals surface area contributed by atoms with Gasteiger partial charge in [0, 0.05) is 24.1 Å². The van der Waals surface area contributed by atoms with Crippen LogP contribution in [0, 0.1) is 5.41 Å². The van der Waals surface area contributed by atoms with E-state index in [-0.39, 0.29) is 5.41 Å². The maximum Gasteiger partial charge on any atom is 0.0655 e. The first-order valence-corrected chi connectivity index (χ1v) is 8.08. The van der Waals surface area contributed by atoms with E-state index in [1.165, 1.54) is 30.4 Å². The molecule has 0 amide bonds. The summed E-state index contributed by atoms with van der Waals surface area (Å²) < 4.78 is 5.84. The second-order valence-electron chi connectivity index (χ2n) is 6.86. The van der Waals surface area contributed by atoms with E-state index in [2.05, 4.69) is 50.4 Å². The van der Waals surface area contributed by atoms with Crippen LogP contribution in [-0.2, 0) is 11.2 Å². The van der Waals surface area contributed by atoms with Crippen LogP contribution in [0.5, 0.6) is 0 Å². The van der Waals surface area contributed by atoms with Gasteiger partial charge >= 0.3 is 0 Å². The van der Waals surface area contributed by atoms with Crippen LogP contribution in [0.25, 0.3) is 0 Å². The molecule has 0 bridgehead atoms. The molecule has 20 heavy (non-hydrogen) atoms. The third kappa shape index (κ3) is 2.40. The average Bonchev–Trinajstić information content (AvgIpc) is 2.46. The molecule has 110 valence electrons. The number of ether oxygens (including phenoxy) is 1. The van der Waals surface area contributed by atoms with Gasteiger partial charge in [0.1, 0.15) is 0 Å². The van der Waals surface area contributed by atoms with Crippen LogP contribution in [0.1, 0.15) is 57.2 Å². The summed E-state index contributed by atoms with van der Waals surface area (Å²) in [6.07, 6.45) is 5.38. The first kappa shape index (κ1) is 14.1. The topological polar surface area (TPSA) is 21.3 Å². The van der Waals surface area contributed by atoms with E-state index in [1.54, 1.807) is 0 Å². The van der Waals surface area contributed by atoms with E-state index in [1.807, 2.05) is 0 Å². The van der Waals surface area contributed by atoms with Crippen molar-refractivity contribution < 1.29 is 4.74 Å². The van der Waals surface area contributed by atoms with Crippen molar-refractivity contribution in [1.82, 2.24) is 5.32 Å². The Bertz CT molecular complexity index is 468. The Labute approximate surface area is 122 Å². The van der Waals surface area contributed by atoms with E-state index < -0.39 is 0 Å². The minimum atomic E-state index is 0.252.